The minimum atomic E-state index is -0.886. The van der Waals surface area contributed by atoms with Crippen molar-refractivity contribution >= 4 is 23.2 Å². The van der Waals surface area contributed by atoms with Gasteiger partial charge in [0, 0.05) is 17.5 Å². The molecule has 1 N–H and O–H groups in total. The Kier molecular flexibility index (Phi) is 5.21. The Morgan fingerprint density at radius 2 is 2.05 bits per heavy atom. The highest BCUT2D eigenvalue weighted by atomic mass is 32.1. The van der Waals surface area contributed by atoms with Crippen LogP contribution in [0.15, 0.2) is 29.6 Å². The number of hydrogen-bond acceptors (Lipinski definition) is 5. The highest BCUT2D eigenvalue weighted by Crippen LogP contribution is 2.24. The van der Waals surface area contributed by atoms with Gasteiger partial charge in [-0.25, -0.2) is 14.2 Å². The third-order valence-electron chi connectivity index (χ3n) is 2.81. The number of amides is 1. The number of ether oxygens (including phenoxy) is 1. The molecule has 0 fully saturated rings. The molecule has 0 bridgehead atoms. The lowest BCUT2D eigenvalue weighted by molar-refractivity contribution is -0.128. The molecule has 0 aliphatic rings. The number of hydrogen-bond donors (Lipinski definition) is 1. The highest BCUT2D eigenvalue weighted by molar-refractivity contribution is 7.13. The molecule has 7 heteroatoms. The number of rotatable bonds is 5. The van der Waals surface area contributed by atoms with E-state index in [-0.39, 0.29) is 17.4 Å². The SMILES string of the molecule is CCNC(=O)[C@@H](C)OC(=O)c1csc(-c2ccc(F)cc2)n1. The summed E-state index contributed by atoms with van der Waals surface area (Å²) >= 11 is 1.25. The van der Waals surface area contributed by atoms with Gasteiger partial charge in [0.15, 0.2) is 11.8 Å². The lowest BCUT2D eigenvalue weighted by Crippen LogP contribution is -2.35. The Labute approximate surface area is 131 Å². The zero-order chi connectivity index (χ0) is 16.1. The molecule has 5 nitrogen and oxygen atoms in total. The Hall–Kier alpha value is -2.28. The van der Waals surface area contributed by atoms with Crippen LogP contribution >= 0.6 is 11.3 Å². The Balaban J connectivity index is 2.06. The zero-order valence-corrected chi connectivity index (χ0v) is 12.9. The van der Waals surface area contributed by atoms with E-state index in [0.29, 0.717) is 17.1 Å². The Morgan fingerprint density at radius 3 is 2.68 bits per heavy atom. The Morgan fingerprint density at radius 1 is 1.36 bits per heavy atom. The zero-order valence-electron chi connectivity index (χ0n) is 12.1. The summed E-state index contributed by atoms with van der Waals surface area (Å²) in [5, 5.41) is 4.70. The van der Waals surface area contributed by atoms with Crippen molar-refractivity contribution < 1.29 is 18.7 Å². The number of carbonyl (C=O) groups excluding carboxylic acids is 2. The lowest BCUT2D eigenvalue weighted by Gasteiger charge is -2.11. The van der Waals surface area contributed by atoms with Gasteiger partial charge in [-0.2, -0.15) is 0 Å². The molecule has 1 amide bonds. The molecule has 2 rings (SSSR count). The first kappa shape index (κ1) is 16.1. The number of nitrogens with one attached hydrogen (secondary N) is 1. The summed E-state index contributed by atoms with van der Waals surface area (Å²) in [4.78, 5) is 27.6. The van der Waals surface area contributed by atoms with Crippen molar-refractivity contribution in [2.45, 2.75) is 20.0 Å². The number of nitrogens with zero attached hydrogens (tertiary/aromatic N) is 1. The van der Waals surface area contributed by atoms with E-state index in [4.69, 9.17) is 4.74 Å². The predicted molar refractivity (Wildman–Crippen MR) is 81.1 cm³/mol. The fourth-order valence-electron chi connectivity index (χ4n) is 1.68. The van der Waals surface area contributed by atoms with Crippen molar-refractivity contribution in [2.24, 2.45) is 0 Å². The molecule has 0 radical (unpaired) electrons. The molecule has 0 saturated carbocycles. The summed E-state index contributed by atoms with van der Waals surface area (Å²) in [5.41, 5.74) is 0.836. The first-order valence-electron chi connectivity index (χ1n) is 6.71. The molecule has 1 heterocycles. The molecular weight excluding hydrogens is 307 g/mol. The van der Waals surface area contributed by atoms with Gasteiger partial charge in [0.2, 0.25) is 0 Å². The quantitative estimate of drug-likeness (QED) is 0.859. The van der Waals surface area contributed by atoms with Gasteiger partial charge in [-0.05, 0) is 38.1 Å². The topological polar surface area (TPSA) is 68.3 Å². The Bertz CT molecular complexity index is 670. The van der Waals surface area contributed by atoms with Crippen LogP contribution < -0.4 is 5.32 Å². The van der Waals surface area contributed by atoms with Crippen molar-refractivity contribution in [2.75, 3.05) is 6.54 Å². The van der Waals surface area contributed by atoms with Crippen LogP contribution in [0.2, 0.25) is 0 Å². The summed E-state index contributed by atoms with van der Waals surface area (Å²) < 4.78 is 17.9. The van der Waals surface area contributed by atoms with Crippen LogP contribution in [0.1, 0.15) is 24.3 Å². The third kappa shape index (κ3) is 3.88. The molecule has 1 atom stereocenters. The van der Waals surface area contributed by atoms with E-state index in [2.05, 4.69) is 10.3 Å². The van der Waals surface area contributed by atoms with Gasteiger partial charge in [-0.1, -0.05) is 0 Å². The number of carbonyl (C=O) groups is 2. The maximum atomic E-state index is 12.9. The van der Waals surface area contributed by atoms with Gasteiger partial charge in [0.05, 0.1) is 0 Å². The van der Waals surface area contributed by atoms with Gasteiger partial charge < -0.3 is 10.1 Å². The van der Waals surface area contributed by atoms with Crippen LogP contribution in [-0.4, -0.2) is 29.5 Å². The van der Waals surface area contributed by atoms with Crippen molar-refractivity contribution in [1.29, 1.82) is 0 Å². The number of likely N-dealkylation sites (N-methyl/N-ethyl adjacent to an activating group) is 1. The summed E-state index contributed by atoms with van der Waals surface area (Å²) in [7, 11) is 0. The average Bonchev–Trinajstić information content (AvgIpc) is 2.98. The maximum absolute atomic E-state index is 12.9. The summed E-state index contributed by atoms with van der Waals surface area (Å²) in [6.45, 7) is 3.74. The maximum Gasteiger partial charge on any atom is 0.358 e. The van der Waals surface area contributed by atoms with Crippen LogP contribution in [-0.2, 0) is 9.53 Å². The minimum Gasteiger partial charge on any atom is -0.448 e. The summed E-state index contributed by atoms with van der Waals surface area (Å²) in [6.07, 6.45) is -0.886. The van der Waals surface area contributed by atoms with Crippen molar-refractivity contribution in [3.63, 3.8) is 0 Å². The smallest absolute Gasteiger partial charge is 0.358 e. The van der Waals surface area contributed by atoms with Gasteiger partial charge in [0.1, 0.15) is 10.8 Å². The number of benzene rings is 1. The molecule has 0 aliphatic carbocycles. The van der Waals surface area contributed by atoms with Crippen molar-refractivity contribution in [3.05, 3.63) is 41.2 Å². The molecule has 2 aromatic rings. The first-order chi connectivity index (χ1) is 10.5. The predicted octanol–water partition coefficient (Wildman–Crippen LogP) is 2.63. The molecule has 1 aromatic heterocycles. The van der Waals surface area contributed by atoms with Crippen LogP contribution in [0.4, 0.5) is 4.39 Å². The second-order valence-electron chi connectivity index (χ2n) is 4.49. The summed E-state index contributed by atoms with van der Waals surface area (Å²) in [6, 6.07) is 5.82. The number of thiazole rings is 1. The van der Waals surface area contributed by atoms with E-state index in [1.54, 1.807) is 24.4 Å². The number of esters is 1. The normalized spacial score (nSPS) is 11.8. The van der Waals surface area contributed by atoms with Gasteiger partial charge >= 0.3 is 5.97 Å². The standard InChI is InChI=1S/C15H15FN2O3S/c1-3-17-13(19)9(2)21-15(20)12-8-22-14(18-12)10-4-6-11(16)7-5-10/h4-9H,3H2,1-2H3,(H,17,19)/t9-/m1/s1. The van der Waals surface area contributed by atoms with Crippen LogP contribution in [0.25, 0.3) is 10.6 Å². The fourth-order valence-corrected chi connectivity index (χ4v) is 2.48. The molecule has 0 unspecified atom stereocenters. The number of aromatic nitrogens is 1. The van der Waals surface area contributed by atoms with Crippen LogP contribution in [0.3, 0.4) is 0 Å². The van der Waals surface area contributed by atoms with E-state index in [0.717, 1.165) is 0 Å². The lowest BCUT2D eigenvalue weighted by atomic mass is 10.2. The van der Waals surface area contributed by atoms with Crippen LogP contribution in [0.5, 0.6) is 0 Å². The van der Waals surface area contributed by atoms with Crippen LogP contribution in [0, 0.1) is 5.82 Å². The largest absolute Gasteiger partial charge is 0.448 e. The van der Waals surface area contributed by atoms with E-state index in [9.17, 15) is 14.0 Å². The van der Waals surface area contributed by atoms with Gasteiger partial charge in [0.25, 0.3) is 5.91 Å². The second kappa shape index (κ2) is 7.13. The summed E-state index contributed by atoms with van der Waals surface area (Å²) in [5.74, 6) is -1.36. The molecule has 1 aromatic carbocycles. The molecule has 0 spiro atoms. The highest BCUT2D eigenvalue weighted by Gasteiger charge is 2.20. The second-order valence-corrected chi connectivity index (χ2v) is 5.35. The van der Waals surface area contributed by atoms with E-state index in [1.807, 2.05) is 0 Å². The van der Waals surface area contributed by atoms with Gasteiger partial charge in [-0.3, -0.25) is 4.79 Å². The molecule has 0 saturated heterocycles. The molecular formula is C15H15FN2O3S. The number of halogens is 1. The third-order valence-corrected chi connectivity index (χ3v) is 3.70. The van der Waals surface area contributed by atoms with E-state index in [1.165, 1.54) is 30.4 Å². The van der Waals surface area contributed by atoms with Crippen molar-refractivity contribution in [3.8, 4) is 10.6 Å². The molecule has 116 valence electrons. The first-order valence-corrected chi connectivity index (χ1v) is 7.59. The van der Waals surface area contributed by atoms with Crippen molar-refractivity contribution in [1.82, 2.24) is 10.3 Å². The molecule has 22 heavy (non-hydrogen) atoms. The monoisotopic (exact) mass is 322 g/mol. The average molecular weight is 322 g/mol. The molecule has 0 aliphatic heterocycles. The van der Waals surface area contributed by atoms with Gasteiger partial charge in [-0.15, -0.1) is 11.3 Å². The minimum absolute atomic E-state index is 0.125. The van der Waals surface area contributed by atoms with E-state index < -0.39 is 12.1 Å². The fraction of sp³-hybridized carbons (Fsp3) is 0.267. The van der Waals surface area contributed by atoms with E-state index >= 15 is 0 Å².